The summed E-state index contributed by atoms with van der Waals surface area (Å²) in [7, 11) is 0. The number of aromatic nitrogens is 3. The quantitative estimate of drug-likeness (QED) is 0.519. The first kappa shape index (κ1) is 23.3. The van der Waals surface area contributed by atoms with Gasteiger partial charge in [-0.05, 0) is 37.0 Å². The average molecular weight is 475 g/mol. The SMILES string of the molecule is CC(=O)C(=N)c1cccnc1NCC(=O)N1C(C(=O)Nc2nccc(C(F)(F)F)n2)CC2CC21. The maximum atomic E-state index is 13.0. The summed E-state index contributed by atoms with van der Waals surface area (Å²) in [5.74, 6) is -1.72. The van der Waals surface area contributed by atoms with Crippen LogP contribution in [0.5, 0.6) is 0 Å². The summed E-state index contributed by atoms with van der Waals surface area (Å²) in [6, 6.07) is 2.77. The standard InChI is InChI=1S/C21H20F3N7O3/c1-10(32)17(25)12-3-2-5-26-18(12)28-9-16(33)31-13-7-11(13)8-14(31)19(34)30-20-27-6-4-15(29-20)21(22,23)24/h2-6,11,13-14,25H,7-9H2,1H3,(H,26,28)(H,27,29,30,34). The number of fused-ring (bicyclic) bond motifs is 1. The van der Waals surface area contributed by atoms with Gasteiger partial charge in [-0.1, -0.05) is 0 Å². The molecule has 1 saturated carbocycles. The Hall–Kier alpha value is -3.90. The summed E-state index contributed by atoms with van der Waals surface area (Å²) < 4.78 is 38.6. The Balaban J connectivity index is 1.44. The van der Waals surface area contributed by atoms with E-state index in [0.717, 1.165) is 12.6 Å². The summed E-state index contributed by atoms with van der Waals surface area (Å²) in [5, 5.41) is 13.0. The van der Waals surface area contributed by atoms with Crippen molar-refractivity contribution in [2.75, 3.05) is 17.2 Å². The summed E-state index contributed by atoms with van der Waals surface area (Å²) in [5.41, 5.74) is -1.21. The molecular weight excluding hydrogens is 455 g/mol. The van der Waals surface area contributed by atoms with Crippen molar-refractivity contribution < 1.29 is 27.6 Å². The Bertz CT molecular complexity index is 1170. The number of ketones is 1. The number of alkyl halides is 3. The van der Waals surface area contributed by atoms with Crippen LogP contribution >= 0.6 is 0 Å². The fourth-order valence-corrected chi connectivity index (χ4v) is 4.01. The molecule has 2 aromatic rings. The smallest absolute Gasteiger partial charge is 0.360 e. The van der Waals surface area contributed by atoms with Gasteiger partial charge in [-0.15, -0.1) is 0 Å². The zero-order valence-corrected chi connectivity index (χ0v) is 17.9. The van der Waals surface area contributed by atoms with Gasteiger partial charge in [0.05, 0.1) is 6.54 Å². The minimum Gasteiger partial charge on any atom is -0.360 e. The fourth-order valence-electron chi connectivity index (χ4n) is 4.01. The molecule has 0 aromatic carbocycles. The Morgan fingerprint density at radius 3 is 2.65 bits per heavy atom. The van der Waals surface area contributed by atoms with Crippen LogP contribution in [0.15, 0.2) is 30.6 Å². The van der Waals surface area contributed by atoms with Crippen molar-refractivity contribution in [3.8, 4) is 0 Å². The lowest BCUT2D eigenvalue weighted by atomic mass is 10.1. The first-order valence-corrected chi connectivity index (χ1v) is 10.4. The molecule has 13 heteroatoms. The van der Waals surface area contributed by atoms with Crippen molar-refractivity contribution in [3.05, 3.63) is 41.9 Å². The van der Waals surface area contributed by atoms with E-state index in [0.29, 0.717) is 12.5 Å². The Labute approximate surface area is 191 Å². The maximum absolute atomic E-state index is 13.0. The molecular formula is C21H20F3N7O3. The molecule has 1 aliphatic heterocycles. The molecule has 178 valence electrons. The van der Waals surface area contributed by atoms with Gasteiger partial charge >= 0.3 is 6.18 Å². The number of hydrogen-bond acceptors (Lipinski definition) is 8. The fraction of sp³-hybridized carbons (Fsp3) is 0.381. The lowest BCUT2D eigenvalue weighted by Crippen LogP contribution is -2.47. The van der Waals surface area contributed by atoms with Gasteiger partial charge in [0.2, 0.25) is 17.8 Å². The van der Waals surface area contributed by atoms with Gasteiger partial charge in [-0.2, -0.15) is 13.2 Å². The van der Waals surface area contributed by atoms with Crippen LogP contribution in [-0.4, -0.2) is 61.8 Å². The van der Waals surface area contributed by atoms with E-state index in [-0.39, 0.29) is 35.6 Å². The van der Waals surface area contributed by atoms with Crippen LogP contribution < -0.4 is 10.6 Å². The lowest BCUT2D eigenvalue weighted by molar-refractivity contribution is -0.141. The molecule has 3 N–H and O–H groups in total. The molecule has 2 aliphatic rings. The van der Waals surface area contributed by atoms with E-state index in [1.165, 1.54) is 24.1 Å². The molecule has 2 aromatic heterocycles. The monoisotopic (exact) mass is 475 g/mol. The van der Waals surface area contributed by atoms with Crippen LogP contribution in [0, 0.1) is 11.3 Å². The molecule has 2 fully saturated rings. The van der Waals surface area contributed by atoms with E-state index in [4.69, 9.17) is 5.41 Å². The number of likely N-dealkylation sites (tertiary alicyclic amines) is 1. The van der Waals surface area contributed by atoms with Crippen LogP contribution in [0.25, 0.3) is 0 Å². The molecule has 1 saturated heterocycles. The second-order valence-electron chi connectivity index (χ2n) is 8.05. The number of rotatable bonds is 7. The first-order valence-electron chi connectivity index (χ1n) is 10.4. The van der Waals surface area contributed by atoms with Crippen molar-refractivity contribution in [3.63, 3.8) is 0 Å². The van der Waals surface area contributed by atoms with Gasteiger partial charge in [0.1, 0.15) is 23.3 Å². The van der Waals surface area contributed by atoms with E-state index in [1.54, 1.807) is 6.07 Å². The number of hydrogen-bond donors (Lipinski definition) is 3. The predicted molar refractivity (Wildman–Crippen MR) is 113 cm³/mol. The van der Waals surface area contributed by atoms with Crippen molar-refractivity contribution in [2.24, 2.45) is 5.92 Å². The van der Waals surface area contributed by atoms with Gasteiger partial charge in [-0.3, -0.25) is 25.1 Å². The molecule has 3 heterocycles. The minimum absolute atomic E-state index is 0.133. The van der Waals surface area contributed by atoms with Gasteiger partial charge in [0, 0.05) is 30.9 Å². The number of piperidine rings is 1. The summed E-state index contributed by atoms with van der Waals surface area (Å²) in [6.45, 7) is 1.00. The van der Waals surface area contributed by atoms with Crippen molar-refractivity contribution in [1.82, 2.24) is 19.9 Å². The van der Waals surface area contributed by atoms with E-state index in [9.17, 15) is 27.6 Å². The summed E-state index contributed by atoms with van der Waals surface area (Å²) in [6.07, 6.45) is -1.23. The second kappa shape index (κ2) is 8.80. The van der Waals surface area contributed by atoms with Crippen LogP contribution in [-0.2, 0) is 20.6 Å². The van der Waals surface area contributed by atoms with E-state index >= 15 is 0 Å². The Morgan fingerprint density at radius 2 is 1.94 bits per heavy atom. The third kappa shape index (κ3) is 4.72. The van der Waals surface area contributed by atoms with Crippen LogP contribution in [0.1, 0.15) is 31.0 Å². The molecule has 3 unspecified atom stereocenters. The highest BCUT2D eigenvalue weighted by Crippen LogP contribution is 2.48. The lowest BCUT2D eigenvalue weighted by Gasteiger charge is -2.27. The van der Waals surface area contributed by atoms with E-state index in [1.807, 2.05) is 0 Å². The topological polar surface area (TPSA) is 141 Å². The first-order chi connectivity index (χ1) is 16.1. The zero-order valence-electron chi connectivity index (χ0n) is 17.9. The van der Waals surface area contributed by atoms with Gasteiger partial charge in [-0.25, -0.2) is 15.0 Å². The third-order valence-corrected chi connectivity index (χ3v) is 5.71. The minimum atomic E-state index is -4.69. The van der Waals surface area contributed by atoms with Crippen LogP contribution in [0.4, 0.5) is 24.9 Å². The van der Waals surface area contributed by atoms with Gasteiger partial charge in [0.25, 0.3) is 0 Å². The number of nitrogens with one attached hydrogen (secondary N) is 3. The number of pyridine rings is 1. The number of carbonyl (C=O) groups excluding carboxylic acids is 3. The third-order valence-electron chi connectivity index (χ3n) is 5.71. The highest BCUT2D eigenvalue weighted by Gasteiger charge is 2.56. The van der Waals surface area contributed by atoms with Gasteiger partial charge in [0.15, 0.2) is 5.78 Å². The van der Waals surface area contributed by atoms with Crippen molar-refractivity contribution in [1.29, 1.82) is 5.41 Å². The molecule has 3 atom stereocenters. The maximum Gasteiger partial charge on any atom is 0.433 e. The Kier molecular flexibility index (Phi) is 6.02. The Morgan fingerprint density at radius 1 is 1.18 bits per heavy atom. The van der Waals surface area contributed by atoms with Crippen LogP contribution in [0.3, 0.4) is 0 Å². The zero-order chi connectivity index (χ0) is 24.6. The van der Waals surface area contributed by atoms with Crippen molar-refractivity contribution >= 4 is 35.1 Å². The number of halogens is 3. The van der Waals surface area contributed by atoms with Crippen LogP contribution in [0.2, 0.25) is 0 Å². The molecule has 0 spiro atoms. The molecule has 2 amide bonds. The summed E-state index contributed by atoms with van der Waals surface area (Å²) in [4.78, 5) is 49.8. The molecule has 0 bridgehead atoms. The normalized spacial score (nSPS) is 20.9. The number of anilines is 2. The van der Waals surface area contributed by atoms with E-state index < -0.39 is 41.5 Å². The average Bonchev–Trinajstić information content (AvgIpc) is 3.45. The number of carbonyl (C=O) groups is 3. The second-order valence-corrected chi connectivity index (χ2v) is 8.05. The molecule has 0 radical (unpaired) electrons. The highest BCUT2D eigenvalue weighted by atomic mass is 19.4. The number of amides is 2. The molecule has 10 nitrogen and oxygen atoms in total. The predicted octanol–water partition coefficient (Wildman–Crippen LogP) is 1.89. The highest BCUT2D eigenvalue weighted by molar-refractivity contribution is 6.45. The van der Waals surface area contributed by atoms with E-state index in [2.05, 4.69) is 25.6 Å². The molecule has 1 aliphatic carbocycles. The molecule has 4 rings (SSSR count). The number of nitrogens with zero attached hydrogens (tertiary/aromatic N) is 4. The number of Topliss-reactive ketones (excluding diaryl/α,β-unsaturated/α-hetero) is 1. The largest absolute Gasteiger partial charge is 0.433 e. The van der Waals surface area contributed by atoms with Crippen molar-refractivity contribution in [2.45, 2.75) is 38.0 Å². The molecule has 34 heavy (non-hydrogen) atoms. The van der Waals surface area contributed by atoms with Gasteiger partial charge < -0.3 is 10.2 Å². The summed E-state index contributed by atoms with van der Waals surface area (Å²) >= 11 is 0.